The Kier molecular flexibility index (Phi) is 7.81. The van der Waals surface area contributed by atoms with Crippen molar-refractivity contribution in [1.29, 1.82) is 0 Å². The van der Waals surface area contributed by atoms with E-state index in [0.29, 0.717) is 54.7 Å². The molecule has 0 radical (unpaired) electrons. The molecule has 1 aliphatic rings. The number of thiazole rings is 1. The number of rotatable bonds is 8. The van der Waals surface area contributed by atoms with E-state index in [1.54, 1.807) is 69.3 Å². The summed E-state index contributed by atoms with van der Waals surface area (Å²) in [5.74, 6) is 1.18. The van der Waals surface area contributed by atoms with Crippen molar-refractivity contribution >= 4 is 29.1 Å². The molecule has 12 heteroatoms. The highest BCUT2D eigenvalue weighted by Gasteiger charge is 2.35. The van der Waals surface area contributed by atoms with Gasteiger partial charge in [0.05, 0.1) is 41.6 Å². The van der Waals surface area contributed by atoms with E-state index < -0.39 is 16.9 Å². The number of nitro benzene ring substituents is 1. The third-order valence-corrected chi connectivity index (χ3v) is 7.83. The van der Waals surface area contributed by atoms with Crippen molar-refractivity contribution in [2.24, 2.45) is 4.99 Å². The van der Waals surface area contributed by atoms with Crippen LogP contribution in [0, 0.1) is 17.0 Å². The number of furan rings is 1. The van der Waals surface area contributed by atoms with Crippen molar-refractivity contribution in [3.8, 4) is 22.8 Å². The zero-order valence-electron chi connectivity index (χ0n) is 23.5. The van der Waals surface area contributed by atoms with Gasteiger partial charge in [-0.1, -0.05) is 23.5 Å². The molecule has 2 aromatic heterocycles. The second-order valence-corrected chi connectivity index (χ2v) is 10.4. The van der Waals surface area contributed by atoms with Gasteiger partial charge in [0, 0.05) is 34.9 Å². The summed E-state index contributed by atoms with van der Waals surface area (Å²) in [7, 11) is 3.03. The van der Waals surface area contributed by atoms with Crippen molar-refractivity contribution < 1.29 is 28.3 Å². The van der Waals surface area contributed by atoms with Crippen LogP contribution in [0.3, 0.4) is 0 Å². The molecule has 1 aliphatic heterocycles. The molecular formula is C30H27N3O8S. The average Bonchev–Trinajstić information content (AvgIpc) is 3.56. The van der Waals surface area contributed by atoms with Gasteiger partial charge in [0.25, 0.3) is 11.2 Å². The Balaban J connectivity index is 1.65. The Morgan fingerprint density at radius 2 is 1.93 bits per heavy atom. The number of methoxy groups -OCH3 is 2. The van der Waals surface area contributed by atoms with Crippen molar-refractivity contribution in [2.75, 3.05) is 20.8 Å². The topological polar surface area (TPSA) is 135 Å². The fourth-order valence-electron chi connectivity index (χ4n) is 4.80. The highest BCUT2D eigenvalue weighted by molar-refractivity contribution is 7.07. The van der Waals surface area contributed by atoms with E-state index >= 15 is 0 Å². The number of nitro groups is 1. The summed E-state index contributed by atoms with van der Waals surface area (Å²) < 4.78 is 24.1. The Hall–Kier alpha value is -4.97. The largest absolute Gasteiger partial charge is 0.497 e. The maximum atomic E-state index is 13.9. The number of carbonyl (C=O) groups excluding carboxylic acids is 1. The lowest BCUT2D eigenvalue weighted by atomic mass is 9.95. The molecule has 0 aliphatic carbocycles. The van der Waals surface area contributed by atoms with Crippen LogP contribution in [-0.4, -0.2) is 36.3 Å². The molecule has 0 bridgehead atoms. The highest BCUT2D eigenvalue weighted by atomic mass is 32.1. The molecule has 0 spiro atoms. The van der Waals surface area contributed by atoms with Gasteiger partial charge in [0.15, 0.2) is 4.80 Å². The number of allylic oxidation sites excluding steroid dienone is 1. The highest BCUT2D eigenvalue weighted by Crippen LogP contribution is 2.37. The van der Waals surface area contributed by atoms with Gasteiger partial charge in [0.1, 0.15) is 29.1 Å². The molecule has 1 atom stereocenters. The lowest BCUT2D eigenvalue weighted by Crippen LogP contribution is -2.40. The molecule has 0 N–H and O–H groups in total. The minimum atomic E-state index is -0.872. The predicted molar refractivity (Wildman–Crippen MR) is 155 cm³/mol. The fourth-order valence-corrected chi connectivity index (χ4v) is 5.83. The van der Waals surface area contributed by atoms with Crippen LogP contribution in [0.5, 0.6) is 11.5 Å². The van der Waals surface area contributed by atoms with Crippen LogP contribution in [-0.2, 0) is 9.53 Å². The van der Waals surface area contributed by atoms with Crippen LogP contribution in [0.2, 0.25) is 0 Å². The first-order chi connectivity index (χ1) is 20.2. The summed E-state index contributed by atoms with van der Waals surface area (Å²) in [5, 5.41) is 11.4. The van der Waals surface area contributed by atoms with Gasteiger partial charge in [0.2, 0.25) is 0 Å². The summed E-state index contributed by atoms with van der Waals surface area (Å²) in [5.41, 5.74) is 1.88. The molecule has 5 rings (SSSR count). The first kappa shape index (κ1) is 28.6. The zero-order valence-corrected chi connectivity index (χ0v) is 24.3. The van der Waals surface area contributed by atoms with Crippen LogP contribution >= 0.6 is 11.3 Å². The van der Waals surface area contributed by atoms with E-state index in [0.717, 1.165) is 11.3 Å². The van der Waals surface area contributed by atoms with E-state index in [-0.39, 0.29) is 23.4 Å². The number of nitrogens with zero attached hydrogens (tertiary/aromatic N) is 3. The predicted octanol–water partition coefficient (Wildman–Crippen LogP) is 4.29. The van der Waals surface area contributed by atoms with Crippen molar-refractivity contribution in [3.63, 3.8) is 0 Å². The van der Waals surface area contributed by atoms with Crippen LogP contribution in [0.15, 0.2) is 74.0 Å². The van der Waals surface area contributed by atoms with Crippen LogP contribution in [0.25, 0.3) is 17.4 Å². The van der Waals surface area contributed by atoms with E-state index in [2.05, 4.69) is 4.99 Å². The lowest BCUT2D eigenvalue weighted by molar-refractivity contribution is -0.385. The maximum Gasteiger partial charge on any atom is 0.338 e. The van der Waals surface area contributed by atoms with Gasteiger partial charge >= 0.3 is 5.97 Å². The van der Waals surface area contributed by atoms with Gasteiger partial charge in [-0.05, 0) is 45.0 Å². The Morgan fingerprint density at radius 3 is 2.62 bits per heavy atom. The zero-order chi connectivity index (χ0) is 30.1. The molecule has 0 fully saturated rings. The van der Waals surface area contributed by atoms with Gasteiger partial charge in [-0.25, -0.2) is 9.79 Å². The Morgan fingerprint density at radius 1 is 1.14 bits per heavy atom. The summed E-state index contributed by atoms with van der Waals surface area (Å²) in [4.78, 5) is 43.0. The van der Waals surface area contributed by atoms with Gasteiger partial charge in [-0.2, -0.15) is 0 Å². The van der Waals surface area contributed by atoms with Crippen molar-refractivity contribution in [2.45, 2.75) is 26.8 Å². The van der Waals surface area contributed by atoms with Crippen molar-refractivity contribution in [3.05, 3.63) is 106 Å². The summed E-state index contributed by atoms with van der Waals surface area (Å²) in [6.45, 7) is 5.22. The van der Waals surface area contributed by atoms with E-state index in [1.807, 2.05) is 0 Å². The number of hydrogen-bond acceptors (Lipinski definition) is 10. The molecular weight excluding hydrogens is 562 g/mol. The van der Waals surface area contributed by atoms with Crippen LogP contribution in [0.1, 0.15) is 36.8 Å². The lowest BCUT2D eigenvalue weighted by Gasteiger charge is -2.26. The molecule has 0 saturated carbocycles. The normalized spacial score (nSPS) is 14.8. The molecule has 216 valence electrons. The fraction of sp³-hybridized carbons (Fsp3) is 0.233. The molecule has 2 aromatic carbocycles. The minimum Gasteiger partial charge on any atom is -0.497 e. The number of benzene rings is 2. The van der Waals surface area contributed by atoms with E-state index in [4.69, 9.17) is 18.6 Å². The monoisotopic (exact) mass is 589 g/mol. The number of ether oxygens (including phenoxy) is 3. The average molecular weight is 590 g/mol. The second kappa shape index (κ2) is 11.5. The van der Waals surface area contributed by atoms with Crippen LogP contribution < -0.4 is 24.4 Å². The smallest absolute Gasteiger partial charge is 0.338 e. The molecule has 0 amide bonds. The number of aryl methyl sites for hydroxylation is 1. The van der Waals surface area contributed by atoms with E-state index in [1.165, 1.54) is 24.9 Å². The second-order valence-electron chi connectivity index (χ2n) is 9.37. The molecule has 11 nitrogen and oxygen atoms in total. The molecule has 3 heterocycles. The summed E-state index contributed by atoms with van der Waals surface area (Å²) >= 11 is 1.15. The van der Waals surface area contributed by atoms with Gasteiger partial charge in [-0.3, -0.25) is 19.5 Å². The molecule has 0 saturated heterocycles. The van der Waals surface area contributed by atoms with Gasteiger partial charge < -0.3 is 18.6 Å². The first-order valence-corrected chi connectivity index (χ1v) is 13.7. The third-order valence-electron chi connectivity index (χ3n) is 6.84. The molecule has 4 aromatic rings. The van der Waals surface area contributed by atoms with Crippen LogP contribution in [0.4, 0.5) is 5.69 Å². The van der Waals surface area contributed by atoms with Gasteiger partial charge in [-0.15, -0.1) is 0 Å². The standard InChI is InChI=1S/C30H27N3O8S/c1-6-40-29(35)26-17(3)31-30-32(27(26)21-11-9-19(38-4)14-24(21)39-5)28(34)25(42-30)15-20-10-12-23(41-20)18-8-7-16(2)22(13-18)33(36)37/h7-15,27H,6H2,1-5H3. The summed E-state index contributed by atoms with van der Waals surface area (Å²) in [6.07, 6.45) is 1.58. The third kappa shape index (κ3) is 5.12. The first-order valence-electron chi connectivity index (χ1n) is 12.9. The molecule has 42 heavy (non-hydrogen) atoms. The minimum absolute atomic E-state index is 0.0134. The number of aromatic nitrogens is 1. The van der Waals surface area contributed by atoms with Crippen molar-refractivity contribution in [1.82, 2.24) is 4.57 Å². The Bertz CT molecular complexity index is 1930. The SMILES string of the molecule is CCOC(=O)C1=C(C)N=c2sc(=Cc3ccc(-c4ccc(C)c([N+](=O)[O-])c4)o3)c(=O)n2C1c1ccc(OC)cc1OC. The molecule has 1 unspecified atom stereocenters. The van der Waals surface area contributed by atoms with E-state index in [9.17, 15) is 19.7 Å². The Labute approximate surface area is 243 Å². The number of hydrogen-bond donors (Lipinski definition) is 0. The summed E-state index contributed by atoms with van der Waals surface area (Å²) in [6, 6.07) is 12.5. The number of fused-ring (bicyclic) bond motifs is 1. The maximum absolute atomic E-state index is 13.9. The quantitative estimate of drug-likeness (QED) is 0.169. The number of esters is 1. The number of carbonyl (C=O) groups is 1.